The predicted octanol–water partition coefficient (Wildman–Crippen LogP) is 4.21. The van der Waals surface area contributed by atoms with E-state index in [2.05, 4.69) is 36.4 Å². The minimum Gasteiger partial charge on any atom is -0.481 e. The van der Waals surface area contributed by atoms with E-state index in [-0.39, 0.29) is 5.75 Å². The molecule has 0 fully saturated rings. The molecule has 1 unspecified atom stereocenters. The number of aromatic nitrogens is 2. The third kappa shape index (κ3) is 3.40. The number of imidazole rings is 1. The third-order valence-corrected chi connectivity index (χ3v) is 4.96. The smallest absolute Gasteiger partial charge is 0.313 e. The SMILES string of the molecule is CCC(CC)C(C)n1c(SCC(=O)O)nc2ccccc21. The van der Waals surface area contributed by atoms with Gasteiger partial charge in [0.25, 0.3) is 0 Å². The first-order valence-corrected chi connectivity index (χ1v) is 8.38. The molecule has 0 aliphatic carbocycles. The van der Waals surface area contributed by atoms with Crippen molar-refractivity contribution < 1.29 is 9.90 Å². The molecule has 0 bridgehead atoms. The summed E-state index contributed by atoms with van der Waals surface area (Å²) in [6.07, 6.45) is 2.21. The minimum atomic E-state index is -0.811. The molecular formula is C16H22N2O2S. The first-order chi connectivity index (χ1) is 10.1. The van der Waals surface area contributed by atoms with Gasteiger partial charge in [-0.2, -0.15) is 0 Å². The van der Waals surface area contributed by atoms with Gasteiger partial charge >= 0.3 is 5.97 Å². The van der Waals surface area contributed by atoms with Crippen LogP contribution in [0.4, 0.5) is 0 Å². The lowest BCUT2D eigenvalue weighted by Crippen LogP contribution is -2.16. The van der Waals surface area contributed by atoms with Crippen LogP contribution in [0.5, 0.6) is 0 Å². The van der Waals surface area contributed by atoms with E-state index in [4.69, 9.17) is 5.11 Å². The summed E-state index contributed by atoms with van der Waals surface area (Å²) in [5.74, 6) is -0.209. The first-order valence-electron chi connectivity index (χ1n) is 7.40. The fourth-order valence-corrected chi connectivity index (χ4v) is 3.64. The number of carboxylic acids is 1. The summed E-state index contributed by atoms with van der Waals surface area (Å²) in [6, 6.07) is 8.32. The molecule has 0 spiro atoms. The summed E-state index contributed by atoms with van der Waals surface area (Å²) in [4.78, 5) is 15.5. The summed E-state index contributed by atoms with van der Waals surface area (Å²) in [5.41, 5.74) is 2.02. The van der Waals surface area contributed by atoms with Gasteiger partial charge in [0.15, 0.2) is 5.16 Å². The van der Waals surface area contributed by atoms with Crippen molar-refractivity contribution in [3.8, 4) is 0 Å². The van der Waals surface area contributed by atoms with Gasteiger partial charge < -0.3 is 9.67 Å². The van der Waals surface area contributed by atoms with E-state index in [1.165, 1.54) is 11.8 Å². The molecule has 0 saturated heterocycles. The van der Waals surface area contributed by atoms with Crippen molar-refractivity contribution in [3.05, 3.63) is 24.3 Å². The second-order valence-corrected chi connectivity index (χ2v) is 6.20. The highest BCUT2D eigenvalue weighted by Crippen LogP contribution is 2.33. The van der Waals surface area contributed by atoms with Crippen LogP contribution in [-0.2, 0) is 4.79 Å². The number of hydrogen-bond donors (Lipinski definition) is 1. The fraction of sp³-hybridized carbons (Fsp3) is 0.500. The zero-order valence-electron chi connectivity index (χ0n) is 12.7. The van der Waals surface area contributed by atoms with Gasteiger partial charge in [-0.3, -0.25) is 4.79 Å². The molecule has 0 amide bonds. The molecule has 1 N–H and O–H groups in total. The highest BCUT2D eigenvalue weighted by atomic mass is 32.2. The lowest BCUT2D eigenvalue weighted by molar-refractivity contribution is -0.133. The van der Waals surface area contributed by atoms with E-state index in [0.717, 1.165) is 29.0 Å². The van der Waals surface area contributed by atoms with Crippen LogP contribution in [0.15, 0.2) is 29.4 Å². The van der Waals surface area contributed by atoms with E-state index < -0.39 is 5.97 Å². The molecule has 21 heavy (non-hydrogen) atoms. The number of fused-ring (bicyclic) bond motifs is 1. The molecule has 1 atom stereocenters. The Kier molecular flexibility index (Phi) is 5.28. The summed E-state index contributed by atoms with van der Waals surface area (Å²) in [6.45, 7) is 6.61. The maximum atomic E-state index is 10.9. The Labute approximate surface area is 129 Å². The van der Waals surface area contributed by atoms with Gasteiger partial charge in [0.2, 0.25) is 0 Å². The number of carbonyl (C=O) groups is 1. The Morgan fingerprint density at radius 3 is 2.62 bits per heavy atom. The number of carboxylic acid groups (broad SMARTS) is 1. The monoisotopic (exact) mass is 306 g/mol. The van der Waals surface area contributed by atoms with Crippen molar-refractivity contribution in [3.63, 3.8) is 0 Å². The van der Waals surface area contributed by atoms with Crippen molar-refractivity contribution in [2.75, 3.05) is 5.75 Å². The van der Waals surface area contributed by atoms with Crippen molar-refractivity contribution in [2.45, 2.75) is 44.8 Å². The highest BCUT2D eigenvalue weighted by Gasteiger charge is 2.21. The molecule has 2 rings (SSSR count). The molecule has 0 radical (unpaired) electrons. The molecule has 2 aromatic rings. The molecule has 1 heterocycles. The summed E-state index contributed by atoms with van der Waals surface area (Å²) in [7, 11) is 0. The average Bonchev–Trinajstić information content (AvgIpc) is 2.84. The summed E-state index contributed by atoms with van der Waals surface area (Å²) < 4.78 is 2.21. The number of para-hydroxylation sites is 2. The van der Waals surface area contributed by atoms with Crippen molar-refractivity contribution in [2.24, 2.45) is 5.92 Å². The van der Waals surface area contributed by atoms with Crippen molar-refractivity contribution >= 4 is 28.8 Å². The third-order valence-electron chi connectivity index (χ3n) is 4.03. The molecule has 0 saturated carbocycles. The molecular weight excluding hydrogens is 284 g/mol. The summed E-state index contributed by atoms with van der Waals surface area (Å²) in [5, 5.41) is 9.73. The number of rotatable bonds is 7. The van der Waals surface area contributed by atoms with Crippen molar-refractivity contribution in [1.29, 1.82) is 0 Å². The van der Waals surface area contributed by atoms with Gasteiger partial charge in [-0.15, -0.1) is 0 Å². The van der Waals surface area contributed by atoms with Crippen LogP contribution in [-0.4, -0.2) is 26.4 Å². The van der Waals surface area contributed by atoms with E-state index in [0.29, 0.717) is 12.0 Å². The van der Waals surface area contributed by atoms with Gasteiger partial charge in [-0.25, -0.2) is 4.98 Å². The second-order valence-electron chi connectivity index (χ2n) is 5.25. The zero-order chi connectivity index (χ0) is 15.4. The molecule has 0 aliphatic heterocycles. The van der Waals surface area contributed by atoms with Gasteiger partial charge in [0.1, 0.15) is 0 Å². The van der Waals surface area contributed by atoms with Crippen LogP contribution in [0.2, 0.25) is 0 Å². The van der Waals surface area contributed by atoms with Crippen LogP contribution < -0.4 is 0 Å². The maximum Gasteiger partial charge on any atom is 0.313 e. The van der Waals surface area contributed by atoms with E-state index >= 15 is 0 Å². The number of nitrogens with zero attached hydrogens (tertiary/aromatic N) is 2. The predicted molar refractivity (Wildman–Crippen MR) is 86.9 cm³/mol. The highest BCUT2D eigenvalue weighted by molar-refractivity contribution is 7.99. The van der Waals surface area contributed by atoms with Gasteiger partial charge in [-0.1, -0.05) is 50.6 Å². The minimum absolute atomic E-state index is 0.0406. The van der Waals surface area contributed by atoms with Crippen LogP contribution >= 0.6 is 11.8 Å². The standard InChI is InChI=1S/C16H22N2O2S/c1-4-12(5-2)11(3)18-14-9-7-6-8-13(14)17-16(18)21-10-15(19)20/h6-9,11-12H,4-5,10H2,1-3H3,(H,19,20). The second kappa shape index (κ2) is 6.98. The van der Waals surface area contributed by atoms with Crippen LogP contribution in [0, 0.1) is 5.92 Å². The Morgan fingerprint density at radius 1 is 1.33 bits per heavy atom. The number of benzene rings is 1. The van der Waals surface area contributed by atoms with Gasteiger partial charge in [-0.05, 0) is 25.0 Å². The fourth-order valence-electron chi connectivity index (χ4n) is 2.83. The van der Waals surface area contributed by atoms with Gasteiger partial charge in [0.05, 0.1) is 16.8 Å². The topological polar surface area (TPSA) is 55.1 Å². The van der Waals surface area contributed by atoms with E-state index in [1.807, 2.05) is 18.2 Å². The van der Waals surface area contributed by atoms with Crippen molar-refractivity contribution in [1.82, 2.24) is 9.55 Å². The number of aliphatic carboxylic acids is 1. The maximum absolute atomic E-state index is 10.9. The van der Waals surface area contributed by atoms with Gasteiger partial charge in [0, 0.05) is 6.04 Å². The normalized spacial score (nSPS) is 13.0. The Bertz CT molecular complexity index is 620. The Morgan fingerprint density at radius 2 is 2.00 bits per heavy atom. The summed E-state index contributed by atoms with van der Waals surface area (Å²) >= 11 is 1.30. The largest absolute Gasteiger partial charge is 0.481 e. The first kappa shape index (κ1) is 15.9. The van der Waals surface area contributed by atoms with E-state index in [1.54, 1.807) is 0 Å². The quantitative estimate of drug-likeness (QED) is 0.779. The lowest BCUT2D eigenvalue weighted by Gasteiger charge is -2.25. The molecule has 5 heteroatoms. The average molecular weight is 306 g/mol. The Hall–Kier alpha value is -1.49. The van der Waals surface area contributed by atoms with Crippen LogP contribution in [0.1, 0.15) is 39.7 Å². The molecule has 1 aromatic carbocycles. The van der Waals surface area contributed by atoms with Crippen LogP contribution in [0.3, 0.4) is 0 Å². The molecule has 4 nitrogen and oxygen atoms in total. The zero-order valence-corrected chi connectivity index (χ0v) is 13.6. The molecule has 114 valence electrons. The molecule has 0 aliphatic rings. The lowest BCUT2D eigenvalue weighted by atomic mass is 9.95. The number of hydrogen-bond acceptors (Lipinski definition) is 3. The van der Waals surface area contributed by atoms with Crippen LogP contribution in [0.25, 0.3) is 11.0 Å². The van der Waals surface area contributed by atoms with E-state index in [9.17, 15) is 4.79 Å². The molecule has 1 aromatic heterocycles. The Balaban J connectivity index is 2.46. The number of thioether (sulfide) groups is 1.